The van der Waals surface area contributed by atoms with Crippen LogP contribution in [0.15, 0.2) is 49.2 Å². The van der Waals surface area contributed by atoms with Crippen LogP contribution in [0.3, 0.4) is 0 Å². The molecule has 4 aromatic rings. The number of aromatic nitrogens is 5. The van der Waals surface area contributed by atoms with Crippen LogP contribution in [0.1, 0.15) is 5.69 Å². The summed E-state index contributed by atoms with van der Waals surface area (Å²) in [5.74, 6) is -0.513. The number of hydrogen-bond donors (Lipinski definition) is 1. The van der Waals surface area contributed by atoms with E-state index in [4.69, 9.17) is 4.74 Å². The minimum Gasteiger partial charge on any atom is -0.482 e. The molecule has 0 spiro atoms. The molecular weight excluding hydrogens is 486 g/mol. The van der Waals surface area contributed by atoms with Crippen molar-refractivity contribution in [2.24, 2.45) is 0 Å². The summed E-state index contributed by atoms with van der Waals surface area (Å²) in [6, 6.07) is 6.65. The normalized spacial score (nSPS) is 15.2. The molecule has 2 aliphatic rings. The number of ether oxygens (including phenoxy) is 1. The lowest BCUT2D eigenvalue weighted by Gasteiger charge is -2.34. The molecule has 1 aromatic carbocycles. The minimum absolute atomic E-state index is 0.0373. The van der Waals surface area contributed by atoms with E-state index in [0.717, 1.165) is 43.8 Å². The van der Waals surface area contributed by atoms with Gasteiger partial charge in [0.25, 0.3) is 0 Å². The van der Waals surface area contributed by atoms with E-state index in [1.54, 1.807) is 41.3 Å². The largest absolute Gasteiger partial charge is 0.482 e. The lowest BCUT2D eigenvalue weighted by atomic mass is 10.1. The third kappa shape index (κ3) is 4.22. The van der Waals surface area contributed by atoms with Gasteiger partial charge < -0.3 is 15.0 Å². The molecule has 1 saturated heterocycles. The topological polar surface area (TPSA) is 84.2 Å². The Labute approximate surface area is 210 Å². The maximum absolute atomic E-state index is 14.9. The van der Waals surface area contributed by atoms with Crippen molar-refractivity contribution in [1.29, 1.82) is 0 Å². The zero-order chi connectivity index (χ0) is 24.6. The van der Waals surface area contributed by atoms with Crippen LogP contribution >= 0.6 is 11.9 Å². The van der Waals surface area contributed by atoms with Crippen LogP contribution in [0.25, 0.3) is 16.9 Å². The van der Waals surface area contributed by atoms with Gasteiger partial charge in [0.1, 0.15) is 18.1 Å². The van der Waals surface area contributed by atoms with E-state index in [2.05, 4.69) is 40.7 Å². The van der Waals surface area contributed by atoms with Crippen molar-refractivity contribution in [2.45, 2.75) is 6.61 Å². The number of anilines is 3. The fourth-order valence-corrected chi connectivity index (χ4v) is 4.88. The van der Waals surface area contributed by atoms with Gasteiger partial charge in [-0.1, -0.05) is 11.9 Å². The van der Waals surface area contributed by atoms with Crippen molar-refractivity contribution in [2.75, 3.05) is 42.7 Å². The highest BCUT2D eigenvalue weighted by Crippen LogP contribution is 2.36. The molecule has 9 nitrogen and oxygen atoms in total. The maximum atomic E-state index is 14.9. The van der Waals surface area contributed by atoms with E-state index in [0.29, 0.717) is 11.5 Å². The van der Waals surface area contributed by atoms with Gasteiger partial charge in [-0.15, -0.1) is 0 Å². The Hall–Kier alpha value is -3.77. The van der Waals surface area contributed by atoms with Crippen LogP contribution < -0.4 is 15.0 Å². The first-order chi connectivity index (χ1) is 17.6. The molecule has 6 rings (SSSR count). The molecule has 184 valence electrons. The van der Waals surface area contributed by atoms with Gasteiger partial charge in [-0.2, -0.15) is 0 Å². The fourth-order valence-electron chi connectivity index (χ4n) is 4.35. The van der Waals surface area contributed by atoms with Gasteiger partial charge in [-0.05, 0) is 30.5 Å². The van der Waals surface area contributed by atoms with Gasteiger partial charge in [0.2, 0.25) is 5.95 Å². The lowest BCUT2D eigenvalue weighted by Crippen LogP contribution is -2.43. The Morgan fingerprint density at radius 1 is 1.00 bits per heavy atom. The van der Waals surface area contributed by atoms with Crippen LogP contribution in [0.2, 0.25) is 0 Å². The van der Waals surface area contributed by atoms with E-state index in [9.17, 15) is 8.78 Å². The summed E-state index contributed by atoms with van der Waals surface area (Å²) >= 11 is 1.76. The number of fused-ring (bicyclic) bond motifs is 3. The average Bonchev–Trinajstić information content (AvgIpc) is 3.40. The minimum atomic E-state index is -0.671. The molecule has 36 heavy (non-hydrogen) atoms. The monoisotopic (exact) mass is 508 g/mol. The summed E-state index contributed by atoms with van der Waals surface area (Å²) in [6.45, 7) is 4.06. The first-order valence-corrected chi connectivity index (χ1v) is 12.5. The Bertz CT molecular complexity index is 1410. The number of hydrogen-bond acceptors (Lipinski definition) is 9. The molecule has 0 unspecified atom stereocenters. The predicted molar refractivity (Wildman–Crippen MR) is 134 cm³/mol. The average molecular weight is 509 g/mol. The van der Waals surface area contributed by atoms with Crippen LogP contribution in [-0.2, 0) is 6.61 Å². The highest BCUT2D eigenvalue weighted by atomic mass is 32.2. The van der Waals surface area contributed by atoms with Crippen molar-refractivity contribution in [3.05, 3.63) is 66.5 Å². The quantitative estimate of drug-likeness (QED) is 0.402. The molecule has 12 heteroatoms. The SMILES string of the molecule is CSN1CCN(c2ccc(Nc3ncc(F)c(-c4cc(F)c5c(c4)-n4cncc4CO5)n3)nc2)CC1. The predicted octanol–water partition coefficient (Wildman–Crippen LogP) is 4.04. The summed E-state index contributed by atoms with van der Waals surface area (Å²) < 4.78 is 39.2. The number of piperazine rings is 1. The summed E-state index contributed by atoms with van der Waals surface area (Å²) in [7, 11) is 0. The number of imidazole rings is 1. The zero-order valence-electron chi connectivity index (χ0n) is 19.4. The van der Waals surface area contributed by atoms with Crippen molar-refractivity contribution in [3.63, 3.8) is 0 Å². The molecule has 5 heterocycles. The first kappa shape index (κ1) is 22.7. The molecular formula is C24H22F2N8OS. The molecule has 0 aliphatic carbocycles. The summed E-state index contributed by atoms with van der Waals surface area (Å²) in [6.07, 6.45) is 8.15. The Morgan fingerprint density at radius 2 is 1.86 bits per heavy atom. The second-order valence-electron chi connectivity index (χ2n) is 8.37. The van der Waals surface area contributed by atoms with Crippen molar-refractivity contribution in [3.8, 4) is 22.7 Å². The van der Waals surface area contributed by atoms with Gasteiger partial charge in [0.05, 0.1) is 42.0 Å². The second-order valence-corrected chi connectivity index (χ2v) is 9.25. The number of halogens is 2. The smallest absolute Gasteiger partial charge is 0.229 e. The van der Waals surface area contributed by atoms with Crippen LogP contribution in [0, 0.1) is 11.6 Å². The van der Waals surface area contributed by atoms with E-state index in [1.807, 2.05) is 12.1 Å². The summed E-state index contributed by atoms with van der Waals surface area (Å²) in [5.41, 5.74) is 2.46. The Morgan fingerprint density at radius 3 is 2.64 bits per heavy atom. The molecule has 3 aromatic heterocycles. The third-order valence-corrected chi connectivity index (χ3v) is 7.11. The van der Waals surface area contributed by atoms with Gasteiger partial charge in [0, 0.05) is 31.7 Å². The van der Waals surface area contributed by atoms with E-state index >= 15 is 0 Å². The Balaban J connectivity index is 1.24. The van der Waals surface area contributed by atoms with E-state index in [1.165, 1.54) is 6.07 Å². The van der Waals surface area contributed by atoms with Gasteiger partial charge in [-0.25, -0.2) is 33.0 Å². The van der Waals surface area contributed by atoms with Gasteiger partial charge >= 0.3 is 0 Å². The number of benzene rings is 1. The number of nitrogens with one attached hydrogen (secondary N) is 1. The second kappa shape index (κ2) is 9.36. The van der Waals surface area contributed by atoms with E-state index < -0.39 is 11.6 Å². The molecule has 1 N–H and O–H groups in total. The summed E-state index contributed by atoms with van der Waals surface area (Å²) in [5, 5.41) is 3.01. The highest BCUT2D eigenvalue weighted by molar-refractivity contribution is 7.96. The molecule has 0 atom stereocenters. The maximum Gasteiger partial charge on any atom is 0.229 e. The first-order valence-electron chi connectivity index (χ1n) is 11.4. The molecule has 0 bridgehead atoms. The van der Waals surface area contributed by atoms with Crippen molar-refractivity contribution < 1.29 is 13.5 Å². The Kier molecular flexibility index (Phi) is 5.89. The van der Waals surface area contributed by atoms with Crippen molar-refractivity contribution >= 4 is 29.4 Å². The number of rotatable bonds is 5. The number of nitrogens with zero attached hydrogens (tertiary/aromatic N) is 7. The molecule has 0 radical (unpaired) electrons. The summed E-state index contributed by atoms with van der Waals surface area (Å²) in [4.78, 5) is 19.2. The highest BCUT2D eigenvalue weighted by Gasteiger charge is 2.23. The van der Waals surface area contributed by atoms with Crippen molar-refractivity contribution in [1.82, 2.24) is 28.8 Å². The fraction of sp³-hybridized carbons (Fsp3) is 0.250. The third-order valence-electron chi connectivity index (χ3n) is 6.23. The van der Waals surface area contributed by atoms with Crippen LogP contribution in [0.4, 0.5) is 26.2 Å². The van der Waals surface area contributed by atoms with E-state index in [-0.39, 0.29) is 29.6 Å². The van der Waals surface area contributed by atoms with Gasteiger partial charge in [0.15, 0.2) is 17.4 Å². The van der Waals surface area contributed by atoms with Crippen LogP contribution in [-0.4, -0.2) is 61.2 Å². The zero-order valence-corrected chi connectivity index (χ0v) is 20.2. The van der Waals surface area contributed by atoms with Gasteiger partial charge in [-0.3, -0.25) is 4.57 Å². The number of pyridine rings is 1. The molecule has 1 fully saturated rings. The molecule has 0 amide bonds. The van der Waals surface area contributed by atoms with Crippen LogP contribution in [0.5, 0.6) is 5.75 Å². The lowest BCUT2D eigenvalue weighted by molar-refractivity contribution is 0.270. The molecule has 2 aliphatic heterocycles. The standard InChI is InChI=1S/C24H22F2N8OS/c1-36-33-6-4-32(5-7-33)16-2-3-21(28-11-16)30-24-29-12-19(26)22(31-24)15-8-18(25)23-20(9-15)34-14-27-10-17(34)13-35-23/h2-3,8-12,14H,4-7,13H2,1H3,(H,28,29,30,31). The molecule has 0 saturated carbocycles.